The van der Waals surface area contributed by atoms with E-state index in [0.717, 1.165) is 12.1 Å². The van der Waals surface area contributed by atoms with Crippen LogP contribution in [0.3, 0.4) is 0 Å². The van der Waals surface area contributed by atoms with E-state index in [1.54, 1.807) is 0 Å². The molecule has 1 rings (SSSR count). The van der Waals surface area contributed by atoms with E-state index in [1.807, 2.05) is 0 Å². The number of esters is 1. The van der Waals surface area contributed by atoms with Gasteiger partial charge in [0.2, 0.25) is 6.17 Å². The molecule has 0 bridgehead atoms. The molecule has 0 radical (unpaired) electrons. The molecule has 0 saturated carbocycles. The molecule has 1 aromatic carbocycles. The first kappa shape index (κ1) is 14.9. The Kier molecular flexibility index (Phi) is 4.82. The summed E-state index contributed by atoms with van der Waals surface area (Å²) in [7, 11) is 0. The van der Waals surface area contributed by atoms with E-state index >= 15 is 0 Å². The van der Waals surface area contributed by atoms with E-state index in [1.165, 1.54) is 13.0 Å². The highest BCUT2D eigenvalue weighted by molar-refractivity contribution is 5.91. The van der Waals surface area contributed by atoms with Crippen molar-refractivity contribution in [2.24, 2.45) is 5.73 Å². The number of carboxylic acids is 1. The van der Waals surface area contributed by atoms with E-state index in [0.29, 0.717) is 0 Å². The fraction of sp³-hybridized carbons (Fsp3) is 0.333. The fourth-order valence-electron chi connectivity index (χ4n) is 1.47. The Morgan fingerprint density at radius 1 is 1.47 bits per heavy atom. The molecule has 1 unspecified atom stereocenters. The SMILES string of the molecule is CCOC(=O)C(F)[C@@H](N)c1ccc(O)c(C(=O)O)c1. The molecule has 6 nitrogen and oxygen atoms in total. The Morgan fingerprint density at radius 3 is 2.63 bits per heavy atom. The van der Waals surface area contributed by atoms with Crippen molar-refractivity contribution in [2.75, 3.05) is 6.61 Å². The van der Waals surface area contributed by atoms with Gasteiger partial charge in [0.15, 0.2) is 0 Å². The first-order valence-electron chi connectivity index (χ1n) is 5.51. The average molecular weight is 271 g/mol. The molecule has 7 heteroatoms. The summed E-state index contributed by atoms with van der Waals surface area (Å²) in [6.07, 6.45) is -2.11. The molecular formula is C12H14FNO5. The Morgan fingerprint density at radius 2 is 2.11 bits per heavy atom. The van der Waals surface area contributed by atoms with Crippen molar-refractivity contribution >= 4 is 11.9 Å². The molecule has 4 N–H and O–H groups in total. The maximum absolute atomic E-state index is 13.7. The van der Waals surface area contributed by atoms with E-state index in [-0.39, 0.29) is 12.2 Å². The summed E-state index contributed by atoms with van der Waals surface area (Å²) in [6.45, 7) is 1.54. The molecule has 0 aliphatic heterocycles. The number of halogens is 1. The molecule has 19 heavy (non-hydrogen) atoms. The maximum atomic E-state index is 13.7. The minimum atomic E-state index is -2.11. The number of carboxylic acid groups (broad SMARTS) is 1. The average Bonchev–Trinajstić information content (AvgIpc) is 2.37. The minimum Gasteiger partial charge on any atom is -0.507 e. The van der Waals surface area contributed by atoms with Crippen LogP contribution in [0.1, 0.15) is 28.9 Å². The lowest BCUT2D eigenvalue weighted by molar-refractivity contribution is -0.149. The summed E-state index contributed by atoms with van der Waals surface area (Å²) >= 11 is 0. The molecule has 0 aromatic heterocycles. The van der Waals surface area contributed by atoms with Crippen molar-refractivity contribution in [2.45, 2.75) is 19.1 Å². The van der Waals surface area contributed by atoms with Crippen LogP contribution in [0.5, 0.6) is 5.75 Å². The third kappa shape index (κ3) is 3.41. The van der Waals surface area contributed by atoms with Crippen molar-refractivity contribution in [3.8, 4) is 5.75 Å². The summed E-state index contributed by atoms with van der Waals surface area (Å²) in [5.74, 6) is -2.95. The first-order chi connectivity index (χ1) is 8.88. The van der Waals surface area contributed by atoms with Gasteiger partial charge in [0, 0.05) is 0 Å². The van der Waals surface area contributed by atoms with Gasteiger partial charge in [-0.25, -0.2) is 14.0 Å². The number of carbonyl (C=O) groups is 2. The molecule has 0 saturated heterocycles. The number of aromatic carboxylic acids is 1. The molecule has 0 aliphatic rings. The smallest absolute Gasteiger partial charge is 0.342 e. The first-order valence-corrected chi connectivity index (χ1v) is 5.51. The predicted octanol–water partition coefficient (Wildman–Crippen LogP) is 0.991. The van der Waals surface area contributed by atoms with Gasteiger partial charge in [-0.05, 0) is 24.6 Å². The summed E-state index contributed by atoms with van der Waals surface area (Å²) in [6, 6.07) is 1.99. The number of aromatic hydroxyl groups is 1. The molecular weight excluding hydrogens is 257 g/mol. The molecule has 0 heterocycles. The molecule has 1 aromatic rings. The normalized spacial score (nSPS) is 13.6. The lowest BCUT2D eigenvalue weighted by Gasteiger charge is -2.16. The van der Waals surface area contributed by atoms with Crippen molar-refractivity contribution in [1.82, 2.24) is 0 Å². The Balaban J connectivity index is 3.00. The van der Waals surface area contributed by atoms with Crippen LogP contribution in [0.25, 0.3) is 0 Å². The summed E-state index contributed by atoms with van der Waals surface area (Å²) in [5.41, 5.74) is 5.20. The second-order valence-corrected chi connectivity index (χ2v) is 3.76. The van der Waals surface area contributed by atoms with Crippen molar-refractivity contribution in [1.29, 1.82) is 0 Å². The highest BCUT2D eigenvalue weighted by Gasteiger charge is 2.28. The van der Waals surface area contributed by atoms with Crippen LogP contribution in [0.2, 0.25) is 0 Å². The molecule has 0 amide bonds. The van der Waals surface area contributed by atoms with E-state index < -0.39 is 35.5 Å². The third-order valence-electron chi connectivity index (χ3n) is 2.46. The molecule has 0 fully saturated rings. The predicted molar refractivity (Wildman–Crippen MR) is 63.5 cm³/mol. The molecule has 104 valence electrons. The van der Waals surface area contributed by atoms with Gasteiger partial charge in [-0.2, -0.15) is 0 Å². The number of nitrogens with two attached hydrogens (primary N) is 1. The number of rotatable bonds is 5. The number of carbonyl (C=O) groups excluding carboxylic acids is 1. The quantitative estimate of drug-likeness (QED) is 0.689. The second-order valence-electron chi connectivity index (χ2n) is 3.76. The second kappa shape index (κ2) is 6.14. The van der Waals surface area contributed by atoms with Gasteiger partial charge in [0.1, 0.15) is 11.3 Å². The van der Waals surface area contributed by atoms with Crippen LogP contribution < -0.4 is 5.73 Å². The standard InChI is InChI=1S/C12H14FNO5/c1-2-19-12(18)9(13)10(14)6-3-4-8(15)7(5-6)11(16)17/h3-5,9-10,15H,2,14H2,1H3,(H,16,17)/t9?,10-/m0/s1. The number of ether oxygens (including phenoxy) is 1. The number of hydrogen-bond acceptors (Lipinski definition) is 5. The van der Waals surface area contributed by atoms with E-state index in [4.69, 9.17) is 10.8 Å². The molecule has 0 spiro atoms. The zero-order valence-electron chi connectivity index (χ0n) is 10.2. The maximum Gasteiger partial charge on any atom is 0.342 e. The van der Waals surface area contributed by atoms with Gasteiger partial charge in [-0.1, -0.05) is 6.07 Å². The van der Waals surface area contributed by atoms with Crippen molar-refractivity contribution in [3.05, 3.63) is 29.3 Å². The van der Waals surface area contributed by atoms with Gasteiger partial charge in [-0.3, -0.25) is 0 Å². The van der Waals surface area contributed by atoms with Crippen LogP contribution in [0, 0.1) is 0 Å². The van der Waals surface area contributed by atoms with Gasteiger partial charge >= 0.3 is 11.9 Å². The topological polar surface area (TPSA) is 110 Å². The van der Waals surface area contributed by atoms with Crippen molar-refractivity contribution in [3.63, 3.8) is 0 Å². The lowest BCUT2D eigenvalue weighted by atomic mass is 10.0. The van der Waals surface area contributed by atoms with Crippen LogP contribution >= 0.6 is 0 Å². The fourth-order valence-corrected chi connectivity index (χ4v) is 1.47. The number of alkyl halides is 1. The number of benzene rings is 1. The monoisotopic (exact) mass is 271 g/mol. The molecule has 0 aliphatic carbocycles. The van der Waals surface area contributed by atoms with Crippen molar-refractivity contribution < 1.29 is 28.9 Å². The highest BCUT2D eigenvalue weighted by Crippen LogP contribution is 2.24. The zero-order chi connectivity index (χ0) is 14.6. The summed E-state index contributed by atoms with van der Waals surface area (Å²) in [4.78, 5) is 22.0. The van der Waals surface area contributed by atoms with E-state index in [9.17, 15) is 19.1 Å². The van der Waals surface area contributed by atoms with Crippen LogP contribution in [-0.2, 0) is 9.53 Å². The van der Waals surface area contributed by atoms with Gasteiger partial charge in [0.05, 0.1) is 12.6 Å². The Bertz CT molecular complexity index is 491. The Hall–Kier alpha value is -2.15. The zero-order valence-corrected chi connectivity index (χ0v) is 10.2. The number of hydrogen-bond donors (Lipinski definition) is 3. The molecule has 2 atom stereocenters. The Labute approximate surface area is 108 Å². The summed E-state index contributed by atoms with van der Waals surface area (Å²) in [5, 5.41) is 18.1. The lowest BCUT2D eigenvalue weighted by Crippen LogP contribution is -2.31. The van der Waals surface area contributed by atoms with Gasteiger partial charge < -0.3 is 20.7 Å². The third-order valence-corrected chi connectivity index (χ3v) is 2.46. The largest absolute Gasteiger partial charge is 0.507 e. The minimum absolute atomic E-state index is 0.0158. The summed E-state index contributed by atoms with van der Waals surface area (Å²) < 4.78 is 18.2. The van der Waals surface area contributed by atoms with Crippen LogP contribution in [0.15, 0.2) is 18.2 Å². The van der Waals surface area contributed by atoms with Crippen LogP contribution in [-0.4, -0.2) is 34.9 Å². The van der Waals surface area contributed by atoms with Gasteiger partial charge in [-0.15, -0.1) is 0 Å². The number of phenols is 1. The van der Waals surface area contributed by atoms with E-state index in [2.05, 4.69) is 4.74 Å². The van der Waals surface area contributed by atoms with Crippen LogP contribution in [0.4, 0.5) is 4.39 Å². The van der Waals surface area contributed by atoms with Gasteiger partial charge in [0.25, 0.3) is 0 Å². The highest BCUT2D eigenvalue weighted by atomic mass is 19.1.